The van der Waals surface area contributed by atoms with Crippen molar-refractivity contribution in [2.75, 3.05) is 13.2 Å². The van der Waals surface area contributed by atoms with Gasteiger partial charge in [-0.2, -0.15) is 0 Å². The highest BCUT2D eigenvalue weighted by Crippen LogP contribution is 2.26. The average Bonchev–Trinajstić information content (AvgIpc) is 2.55. The van der Waals surface area contributed by atoms with Crippen LogP contribution in [0.1, 0.15) is 39.2 Å². The van der Waals surface area contributed by atoms with E-state index < -0.39 is 34.5 Å². The van der Waals surface area contributed by atoms with E-state index in [4.69, 9.17) is 14.6 Å². The maximum Gasteiger partial charge on any atom is 0.407 e. The van der Waals surface area contributed by atoms with Gasteiger partial charge < -0.3 is 19.9 Å². The Morgan fingerprint density at radius 1 is 1.27 bits per heavy atom. The summed E-state index contributed by atoms with van der Waals surface area (Å²) in [5.41, 5.74) is -0.192. The van der Waals surface area contributed by atoms with Gasteiger partial charge in [0.05, 0.1) is 17.1 Å². The Balaban J connectivity index is 2.62. The fraction of sp³-hybridized carbons (Fsp3) is 0.529. The highest BCUT2D eigenvalue weighted by atomic mass is 16.6. The van der Waals surface area contributed by atoms with E-state index in [1.165, 1.54) is 6.07 Å². The van der Waals surface area contributed by atoms with E-state index >= 15 is 0 Å². The number of nitrogens with zero attached hydrogens (tertiary/aromatic N) is 1. The third-order valence-electron chi connectivity index (χ3n) is 3.40. The topological polar surface area (TPSA) is 128 Å². The Kier molecular flexibility index (Phi) is 7.51. The molecule has 1 rings (SSSR count). The first-order valence-electron chi connectivity index (χ1n) is 8.04. The molecule has 1 aromatic carbocycles. The highest BCUT2D eigenvalue weighted by molar-refractivity contribution is 5.80. The van der Waals surface area contributed by atoms with Crippen LogP contribution < -0.4 is 5.32 Å². The summed E-state index contributed by atoms with van der Waals surface area (Å²) in [7, 11) is 0. The van der Waals surface area contributed by atoms with Gasteiger partial charge in [0.15, 0.2) is 6.04 Å². The van der Waals surface area contributed by atoms with Crippen molar-refractivity contribution in [2.24, 2.45) is 0 Å². The second-order valence-electron chi connectivity index (χ2n) is 6.77. The molecular formula is C17H24N2O7. The zero-order valence-corrected chi connectivity index (χ0v) is 15.2. The summed E-state index contributed by atoms with van der Waals surface area (Å²) in [5, 5.41) is 22.4. The minimum absolute atomic E-state index is 0.0639. The lowest BCUT2D eigenvalue weighted by molar-refractivity contribution is -0.385. The summed E-state index contributed by atoms with van der Waals surface area (Å²) in [4.78, 5) is 33.6. The van der Waals surface area contributed by atoms with Gasteiger partial charge in [0.2, 0.25) is 0 Å². The molecule has 144 valence electrons. The SMILES string of the molecule is CC(COC(=O)N[C@@H](COC(C)(C)C)C(=O)O)c1ccccc1[N+](=O)[O-]. The first kappa shape index (κ1) is 21.4. The molecule has 9 heteroatoms. The molecule has 0 aliphatic rings. The first-order chi connectivity index (χ1) is 12.0. The van der Waals surface area contributed by atoms with Gasteiger partial charge in [-0.1, -0.05) is 25.1 Å². The molecule has 0 saturated heterocycles. The molecule has 0 aliphatic heterocycles. The van der Waals surface area contributed by atoms with Crippen LogP contribution in [0.3, 0.4) is 0 Å². The first-order valence-corrected chi connectivity index (χ1v) is 8.04. The summed E-state index contributed by atoms with van der Waals surface area (Å²) in [6, 6.07) is 4.90. The maximum atomic E-state index is 11.9. The molecule has 0 saturated carbocycles. The molecule has 2 N–H and O–H groups in total. The largest absolute Gasteiger partial charge is 0.480 e. The number of benzene rings is 1. The van der Waals surface area contributed by atoms with Crippen molar-refractivity contribution >= 4 is 17.7 Å². The molecule has 0 heterocycles. The summed E-state index contributed by atoms with van der Waals surface area (Å²) in [6.07, 6.45) is -0.930. The number of nitrogens with one attached hydrogen (secondary N) is 1. The van der Waals surface area contributed by atoms with Gasteiger partial charge >= 0.3 is 12.1 Å². The zero-order valence-electron chi connectivity index (χ0n) is 15.2. The number of para-hydroxylation sites is 1. The quantitative estimate of drug-likeness (QED) is 0.533. The van der Waals surface area contributed by atoms with Crippen LogP contribution in [0.2, 0.25) is 0 Å². The van der Waals surface area contributed by atoms with E-state index in [1.54, 1.807) is 45.9 Å². The van der Waals surface area contributed by atoms with E-state index in [1.807, 2.05) is 0 Å². The number of amides is 1. The van der Waals surface area contributed by atoms with Crippen LogP contribution in [0.5, 0.6) is 0 Å². The van der Waals surface area contributed by atoms with Crippen LogP contribution in [0.4, 0.5) is 10.5 Å². The zero-order chi connectivity index (χ0) is 19.9. The summed E-state index contributed by atoms with van der Waals surface area (Å²) in [6.45, 7) is 6.61. The average molecular weight is 368 g/mol. The normalized spacial score (nSPS) is 13.5. The molecule has 0 aromatic heterocycles. The summed E-state index contributed by atoms with van der Waals surface area (Å²) in [5.74, 6) is -1.69. The molecule has 0 aliphatic carbocycles. The summed E-state index contributed by atoms with van der Waals surface area (Å²) >= 11 is 0. The number of aliphatic carboxylic acids is 1. The number of ether oxygens (including phenoxy) is 2. The number of carbonyl (C=O) groups excluding carboxylic acids is 1. The van der Waals surface area contributed by atoms with E-state index in [0.717, 1.165) is 0 Å². The number of carbonyl (C=O) groups is 2. The Hall–Kier alpha value is -2.68. The molecule has 0 spiro atoms. The summed E-state index contributed by atoms with van der Waals surface area (Å²) < 4.78 is 10.4. The number of nitro groups is 1. The highest BCUT2D eigenvalue weighted by Gasteiger charge is 2.25. The van der Waals surface area contributed by atoms with Crippen LogP contribution >= 0.6 is 0 Å². The van der Waals surface area contributed by atoms with Gasteiger partial charge in [-0.25, -0.2) is 9.59 Å². The molecule has 0 radical (unpaired) electrons. The molecule has 9 nitrogen and oxygen atoms in total. The predicted octanol–water partition coefficient (Wildman–Crippen LogP) is 2.69. The molecule has 26 heavy (non-hydrogen) atoms. The lowest BCUT2D eigenvalue weighted by Crippen LogP contribution is -2.45. The van der Waals surface area contributed by atoms with E-state index in [0.29, 0.717) is 5.56 Å². The number of carboxylic acid groups (broad SMARTS) is 1. The van der Waals surface area contributed by atoms with Gasteiger partial charge in [-0.15, -0.1) is 0 Å². The van der Waals surface area contributed by atoms with Crippen molar-refractivity contribution < 1.29 is 29.1 Å². The number of carboxylic acids is 1. The molecule has 1 aromatic rings. The number of nitro benzene ring substituents is 1. The predicted molar refractivity (Wildman–Crippen MR) is 93.1 cm³/mol. The standard InChI is InChI=1S/C17H24N2O7/c1-11(12-7-5-6-8-14(12)19(23)24)9-25-16(22)18-13(15(20)21)10-26-17(2,3)4/h5-8,11,13H,9-10H2,1-4H3,(H,18,22)(H,20,21)/t11?,13-/m0/s1. The lowest BCUT2D eigenvalue weighted by Gasteiger charge is -2.23. The van der Waals surface area contributed by atoms with Crippen LogP contribution in [0.25, 0.3) is 0 Å². The minimum Gasteiger partial charge on any atom is -0.480 e. The molecule has 0 fully saturated rings. The second kappa shape index (κ2) is 9.14. The number of hydrogen-bond acceptors (Lipinski definition) is 6. The third kappa shape index (κ3) is 7.06. The molecule has 1 unspecified atom stereocenters. The van der Waals surface area contributed by atoms with Crippen LogP contribution in [0, 0.1) is 10.1 Å². The molecule has 1 amide bonds. The number of rotatable bonds is 8. The van der Waals surface area contributed by atoms with Crippen molar-refractivity contribution in [3.63, 3.8) is 0 Å². The Morgan fingerprint density at radius 3 is 2.42 bits per heavy atom. The smallest absolute Gasteiger partial charge is 0.407 e. The van der Waals surface area contributed by atoms with Crippen LogP contribution in [-0.4, -0.2) is 46.9 Å². The van der Waals surface area contributed by atoms with Crippen molar-refractivity contribution in [1.82, 2.24) is 5.32 Å². The number of hydrogen-bond donors (Lipinski definition) is 2. The fourth-order valence-corrected chi connectivity index (χ4v) is 2.05. The minimum atomic E-state index is -1.26. The Morgan fingerprint density at radius 2 is 1.88 bits per heavy atom. The van der Waals surface area contributed by atoms with Gasteiger partial charge in [-0.05, 0) is 20.8 Å². The van der Waals surface area contributed by atoms with Crippen LogP contribution in [0.15, 0.2) is 24.3 Å². The van der Waals surface area contributed by atoms with Crippen molar-refractivity contribution in [2.45, 2.75) is 45.3 Å². The van der Waals surface area contributed by atoms with E-state index in [2.05, 4.69) is 5.32 Å². The second-order valence-corrected chi connectivity index (χ2v) is 6.77. The monoisotopic (exact) mass is 368 g/mol. The van der Waals surface area contributed by atoms with E-state index in [9.17, 15) is 19.7 Å². The number of alkyl carbamates (subject to hydrolysis) is 1. The Labute approximate surface area is 151 Å². The third-order valence-corrected chi connectivity index (χ3v) is 3.40. The lowest BCUT2D eigenvalue weighted by atomic mass is 10.0. The van der Waals surface area contributed by atoms with Crippen molar-refractivity contribution in [3.8, 4) is 0 Å². The van der Waals surface area contributed by atoms with Gasteiger partial charge in [-0.3, -0.25) is 10.1 Å². The van der Waals surface area contributed by atoms with Gasteiger partial charge in [0.1, 0.15) is 6.61 Å². The van der Waals surface area contributed by atoms with Gasteiger partial charge in [0.25, 0.3) is 5.69 Å². The molecule has 0 bridgehead atoms. The van der Waals surface area contributed by atoms with Crippen molar-refractivity contribution in [3.05, 3.63) is 39.9 Å². The van der Waals surface area contributed by atoms with Gasteiger partial charge in [0, 0.05) is 17.5 Å². The molecular weight excluding hydrogens is 344 g/mol. The van der Waals surface area contributed by atoms with Crippen molar-refractivity contribution in [1.29, 1.82) is 0 Å². The Bertz CT molecular complexity index is 655. The fourth-order valence-electron chi connectivity index (χ4n) is 2.05. The van der Waals surface area contributed by atoms with E-state index in [-0.39, 0.29) is 18.9 Å². The molecule has 2 atom stereocenters. The maximum absolute atomic E-state index is 11.9. The van der Waals surface area contributed by atoms with Crippen LogP contribution in [-0.2, 0) is 14.3 Å².